The van der Waals surface area contributed by atoms with E-state index in [1.165, 1.54) is 18.9 Å². The predicted octanol–water partition coefficient (Wildman–Crippen LogP) is 3.74. The van der Waals surface area contributed by atoms with Crippen molar-refractivity contribution in [3.63, 3.8) is 0 Å². The lowest BCUT2D eigenvalue weighted by molar-refractivity contribution is 0.455. The van der Waals surface area contributed by atoms with Crippen LogP contribution in [0.4, 0.5) is 4.39 Å². The molecule has 0 aromatic heterocycles. The Hall–Kier alpha value is -0.670. The minimum absolute atomic E-state index is 0.171. The summed E-state index contributed by atoms with van der Waals surface area (Å²) >= 11 is 3.35. The van der Waals surface area contributed by atoms with Gasteiger partial charge in [-0.05, 0) is 37.6 Å². The molecule has 1 saturated heterocycles. The van der Waals surface area contributed by atoms with E-state index in [1.807, 2.05) is 6.08 Å². The van der Waals surface area contributed by atoms with Gasteiger partial charge in [0, 0.05) is 16.1 Å². The number of piperidine rings is 1. The monoisotopic (exact) mass is 283 g/mol. The Morgan fingerprint density at radius 3 is 3.00 bits per heavy atom. The van der Waals surface area contributed by atoms with E-state index in [2.05, 4.69) is 27.3 Å². The number of hydrogen-bond donors (Lipinski definition) is 1. The van der Waals surface area contributed by atoms with E-state index in [0.717, 1.165) is 17.4 Å². The maximum Gasteiger partial charge on any atom is 0.130 e. The SMILES string of the molecule is Fc1ccc(Br)cc1/C=C/C1CCCCN1. The summed E-state index contributed by atoms with van der Waals surface area (Å²) in [5.41, 5.74) is 0.641. The van der Waals surface area contributed by atoms with Crippen molar-refractivity contribution in [3.8, 4) is 0 Å². The molecule has 0 radical (unpaired) electrons. The molecule has 1 atom stereocenters. The minimum Gasteiger partial charge on any atom is -0.311 e. The zero-order valence-corrected chi connectivity index (χ0v) is 10.6. The molecule has 0 amide bonds. The van der Waals surface area contributed by atoms with Crippen molar-refractivity contribution in [3.05, 3.63) is 40.1 Å². The first kappa shape index (κ1) is 11.8. The summed E-state index contributed by atoms with van der Waals surface area (Å²) in [4.78, 5) is 0. The van der Waals surface area contributed by atoms with E-state index in [4.69, 9.17) is 0 Å². The third-order valence-corrected chi connectivity index (χ3v) is 3.31. The molecule has 1 aromatic carbocycles. The van der Waals surface area contributed by atoms with Crippen LogP contribution in [0.3, 0.4) is 0 Å². The maximum absolute atomic E-state index is 13.4. The van der Waals surface area contributed by atoms with Crippen LogP contribution in [0.1, 0.15) is 24.8 Å². The Morgan fingerprint density at radius 1 is 1.38 bits per heavy atom. The molecule has 0 spiro atoms. The molecule has 1 heterocycles. The van der Waals surface area contributed by atoms with Crippen LogP contribution in [0, 0.1) is 5.82 Å². The van der Waals surface area contributed by atoms with Crippen LogP contribution < -0.4 is 5.32 Å². The fourth-order valence-electron chi connectivity index (χ4n) is 1.91. The summed E-state index contributed by atoms with van der Waals surface area (Å²) in [7, 11) is 0. The van der Waals surface area contributed by atoms with Gasteiger partial charge in [0.15, 0.2) is 0 Å². The van der Waals surface area contributed by atoms with Gasteiger partial charge >= 0.3 is 0 Å². The van der Waals surface area contributed by atoms with Crippen molar-refractivity contribution < 1.29 is 4.39 Å². The first-order valence-electron chi connectivity index (χ1n) is 5.62. The van der Waals surface area contributed by atoms with E-state index in [-0.39, 0.29) is 5.82 Å². The van der Waals surface area contributed by atoms with Crippen LogP contribution in [0.15, 0.2) is 28.7 Å². The average molecular weight is 284 g/mol. The molecule has 3 heteroatoms. The first-order valence-corrected chi connectivity index (χ1v) is 6.41. The average Bonchev–Trinajstić information content (AvgIpc) is 2.32. The highest BCUT2D eigenvalue weighted by Crippen LogP contribution is 2.17. The maximum atomic E-state index is 13.4. The molecule has 86 valence electrons. The van der Waals surface area contributed by atoms with Gasteiger partial charge in [0.2, 0.25) is 0 Å². The Balaban J connectivity index is 2.07. The summed E-state index contributed by atoms with van der Waals surface area (Å²) in [6, 6.07) is 5.39. The van der Waals surface area contributed by atoms with Crippen molar-refractivity contribution in [2.24, 2.45) is 0 Å². The molecule has 1 nitrogen and oxygen atoms in total. The largest absolute Gasteiger partial charge is 0.311 e. The van der Waals surface area contributed by atoms with Crippen molar-refractivity contribution in [1.82, 2.24) is 5.32 Å². The lowest BCUT2D eigenvalue weighted by Crippen LogP contribution is -2.31. The third-order valence-electron chi connectivity index (χ3n) is 2.81. The van der Waals surface area contributed by atoms with Crippen LogP contribution in [0.25, 0.3) is 6.08 Å². The van der Waals surface area contributed by atoms with E-state index in [9.17, 15) is 4.39 Å². The summed E-state index contributed by atoms with van der Waals surface area (Å²) in [5.74, 6) is -0.171. The quantitative estimate of drug-likeness (QED) is 0.872. The van der Waals surface area contributed by atoms with Crippen molar-refractivity contribution >= 4 is 22.0 Å². The van der Waals surface area contributed by atoms with E-state index in [0.29, 0.717) is 11.6 Å². The highest BCUT2D eigenvalue weighted by Gasteiger charge is 2.08. The van der Waals surface area contributed by atoms with Gasteiger partial charge in [-0.1, -0.05) is 34.5 Å². The van der Waals surface area contributed by atoms with Gasteiger partial charge in [-0.2, -0.15) is 0 Å². The lowest BCUT2D eigenvalue weighted by Gasteiger charge is -2.20. The highest BCUT2D eigenvalue weighted by molar-refractivity contribution is 9.10. The van der Waals surface area contributed by atoms with Gasteiger partial charge in [-0.15, -0.1) is 0 Å². The van der Waals surface area contributed by atoms with Crippen LogP contribution >= 0.6 is 15.9 Å². The Labute approximate surface area is 104 Å². The molecular formula is C13H15BrFN. The third kappa shape index (κ3) is 3.16. The van der Waals surface area contributed by atoms with Crippen molar-refractivity contribution in [2.75, 3.05) is 6.54 Å². The molecule has 1 aliphatic rings. The van der Waals surface area contributed by atoms with Crippen molar-refractivity contribution in [1.29, 1.82) is 0 Å². The Bertz CT molecular complexity index is 384. The fourth-order valence-corrected chi connectivity index (χ4v) is 2.28. The molecule has 1 aromatic rings. The smallest absolute Gasteiger partial charge is 0.130 e. The first-order chi connectivity index (χ1) is 7.75. The van der Waals surface area contributed by atoms with Crippen LogP contribution in [0.2, 0.25) is 0 Å². The zero-order valence-electron chi connectivity index (χ0n) is 9.05. The topological polar surface area (TPSA) is 12.0 Å². The molecule has 2 rings (SSSR count). The normalized spacial score (nSPS) is 21.5. The molecular weight excluding hydrogens is 269 g/mol. The molecule has 16 heavy (non-hydrogen) atoms. The molecule has 1 aliphatic heterocycles. The number of benzene rings is 1. The standard InChI is InChI=1S/C13H15BrFN/c14-11-5-7-13(15)10(9-11)4-6-12-3-1-2-8-16-12/h4-7,9,12,16H,1-3,8H2/b6-4+. The summed E-state index contributed by atoms with van der Waals surface area (Å²) in [6.07, 6.45) is 7.57. The zero-order chi connectivity index (χ0) is 11.4. The van der Waals surface area contributed by atoms with Gasteiger partial charge in [-0.3, -0.25) is 0 Å². The number of nitrogens with one attached hydrogen (secondary N) is 1. The van der Waals surface area contributed by atoms with Gasteiger partial charge in [0.25, 0.3) is 0 Å². The van der Waals surface area contributed by atoms with Crippen LogP contribution in [0.5, 0.6) is 0 Å². The van der Waals surface area contributed by atoms with Gasteiger partial charge < -0.3 is 5.32 Å². The summed E-state index contributed by atoms with van der Waals surface area (Å²) in [5, 5.41) is 3.40. The Kier molecular flexibility index (Phi) is 4.13. The Morgan fingerprint density at radius 2 is 2.25 bits per heavy atom. The fraction of sp³-hybridized carbons (Fsp3) is 0.385. The number of halogens is 2. The van der Waals surface area contributed by atoms with Gasteiger partial charge in [0.1, 0.15) is 5.82 Å². The molecule has 0 saturated carbocycles. The molecule has 0 aliphatic carbocycles. The van der Waals surface area contributed by atoms with Crippen LogP contribution in [-0.4, -0.2) is 12.6 Å². The molecule has 1 N–H and O–H groups in total. The van der Waals surface area contributed by atoms with E-state index >= 15 is 0 Å². The van der Waals surface area contributed by atoms with Crippen molar-refractivity contribution in [2.45, 2.75) is 25.3 Å². The highest BCUT2D eigenvalue weighted by atomic mass is 79.9. The number of hydrogen-bond acceptors (Lipinski definition) is 1. The lowest BCUT2D eigenvalue weighted by atomic mass is 10.0. The van der Waals surface area contributed by atoms with E-state index in [1.54, 1.807) is 12.1 Å². The second kappa shape index (κ2) is 5.60. The van der Waals surface area contributed by atoms with Crippen LogP contribution in [-0.2, 0) is 0 Å². The molecule has 1 unspecified atom stereocenters. The summed E-state index contributed by atoms with van der Waals surface area (Å²) in [6.45, 7) is 1.07. The molecule has 1 fully saturated rings. The number of rotatable bonds is 2. The second-order valence-electron chi connectivity index (χ2n) is 4.08. The summed E-state index contributed by atoms with van der Waals surface area (Å²) < 4.78 is 14.3. The van der Waals surface area contributed by atoms with E-state index < -0.39 is 0 Å². The minimum atomic E-state index is -0.171. The van der Waals surface area contributed by atoms with Gasteiger partial charge in [0.05, 0.1) is 0 Å². The van der Waals surface area contributed by atoms with Gasteiger partial charge in [-0.25, -0.2) is 4.39 Å². The predicted molar refractivity (Wildman–Crippen MR) is 68.8 cm³/mol. The second-order valence-corrected chi connectivity index (χ2v) is 5.00. The molecule has 0 bridgehead atoms.